The van der Waals surface area contributed by atoms with E-state index in [0.29, 0.717) is 16.0 Å². The first-order valence-electron chi connectivity index (χ1n) is 10.1. The van der Waals surface area contributed by atoms with E-state index in [2.05, 4.69) is 53.9 Å². The molecule has 0 atom stereocenters. The van der Waals surface area contributed by atoms with Crippen molar-refractivity contribution in [3.8, 4) is 11.5 Å². The van der Waals surface area contributed by atoms with E-state index in [1.807, 2.05) is 0 Å². The van der Waals surface area contributed by atoms with Gasteiger partial charge in [0.05, 0.1) is 0 Å². The molecule has 146 valence electrons. The Bertz CT molecular complexity index is 735. The van der Waals surface area contributed by atoms with Gasteiger partial charge in [-0.25, -0.2) is 0 Å². The fourth-order valence-electron chi connectivity index (χ4n) is 4.01. The third-order valence-corrected chi connectivity index (χ3v) is 6.41. The lowest BCUT2D eigenvalue weighted by Crippen LogP contribution is -2.33. The van der Waals surface area contributed by atoms with E-state index in [1.54, 1.807) is 6.92 Å². The van der Waals surface area contributed by atoms with E-state index < -0.39 is 0 Å². The first-order valence-corrected chi connectivity index (χ1v) is 10.1. The fourth-order valence-corrected chi connectivity index (χ4v) is 4.01. The topological polar surface area (TPSA) is 40.5 Å². The zero-order valence-corrected chi connectivity index (χ0v) is 17.7. The zero-order chi connectivity index (χ0) is 20.1. The van der Waals surface area contributed by atoms with Gasteiger partial charge < -0.3 is 10.2 Å². The highest BCUT2D eigenvalue weighted by Gasteiger charge is 2.32. The van der Waals surface area contributed by atoms with Crippen molar-refractivity contribution >= 4 is 13.2 Å². The molecule has 2 N–H and O–H groups in total. The van der Waals surface area contributed by atoms with E-state index in [1.165, 1.54) is 18.4 Å². The van der Waals surface area contributed by atoms with Crippen LogP contribution in [0.2, 0.25) is 0 Å². The van der Waals surface area contributed by atoms with Crippen LogP contribution >= 0.6 is 0 Å². The number of aromatic hydroxyl groups is 2. The molecule has 2 heteroatoms. The summed E-state index contributed by atoms with van der Waals surface area (Å²) < 4.78 is 0. The van der Waals surface area contributed by atoms with E-state index in [0.717, 1.165) is 37.2 Å². The minimum absolute atomic E-state index is 0.159. The maximum absolute atomic E-state index is 10.8. The van der Waals surface area contributed by atoms with E-state index in [9.17, 15) is 10.2 Å². The van der Waals surface area contributed by atoms with Crippen LogP contribution in [0.3, 0.4) is 0 Å². The van der Waals surface area contributed by atoms with Gasteiger partial charge in [-0.15, -0.1) is 0 Å². The quantitative estimate of drug-likeness (QED) is 0.455. The number of rotatable bonds is 9. The van der Waals surface area contributed by atoms with Gasteiger partial charge in [-0.05, 0) is 45.4 Å². The van der Waals surface area contributed by atoms with Gasteiger partial charge in [0.2, 0.25) is 0 Å². The van der Waals surface area contributed by atoms with Gasteiger partial charge in [-0.2, -0.15) is 0 Å². The SMILES string of the molecule is C=c1c(C)c(O)c(=C)c(C(CC)(CC)CC=C(C)CC(CC)CC)c1O. The fraction of sp³-hybridized carbons (Fsp3) is 0.583. The predicted octanol–water partition coefficient (Wildman–Crippen LogP) is 5.45. The van der Waals surface area contributed by atoms with Crippen LogP contribution in [0.15, 0.2) is 11.6 Å². The van der Waals surface area contributed by atoms with Crippen LogP contribution in [-0.4, -0.2) is 10.2 Å². The highest BCUT2D eigenvalue weighted by Crippen LogP contribution is 2.39. The summed E-state index contributed by atoms with van der Waals surface area (Å²) in [6, 6.07) is 0. The molecule has 0 heterocycles. The molecule has 0 unspecified atom stereocenters. The van der Waals surface area contributed by atoms with Crippen molar-refractivity contribution in [2.75, 3.05) is 0 Å². The van der Waals surface area contributed by atoms with Crippen molar-refractivity contribution < 1.29 is 10.2 Å². The Balaban J connectivity index is 3.40. The van der Waals surface area contributed by atoms with Crippen molar-refractivity contribution in [2.24, 2.45) is 5.92 Å². The third kappa shape index (κ3) is 4.34. The first-order chi connectivity index (χ1) is 12.2. The van der Waals surface area contributed by atoms with Gasteiger partial charge in [0.15, 0.2) is 0 Å². The summed E-state index contributed by atoms with van der Waals surface area (Å²) in [7, 11) is 0. The molecule has 0 spiro atoms. The number of allylic oxidation sites excluding steroid dienone is 2. The maximum Gasteiger partial charge on any atom is 0.127 e. The van der Waals surface area contributed by atoms with Crippen LogP contribution in [0.25, 0.3) is 13.2 Å². The van der Waals surface area contributed by atoms with Crippen molar-refractivity contribution in [3.63, 3.8) is 0 Å². The van der Waals surface area contributed by atoms with E-state index in [4.69, 9.17) is 0 Å². The Morgan fingerprint density at radius 3 is 2.00 bits per heavy atom. The number of hydrogen-bond donors (Lipinski definition) is 2. The van der Waals surface area contributed by atoms with Crippen molar-refractivity contribution in [3.05, 3.63) is 33.2 Å². The van der Waals surface area contributed by atoms with Crippen LogP contribution in [0, 0.1) is 12.8 Å². The molecular formula is C24H38O2. The van der Waals surface area contributed by atoms with Crippen molar-refractivity contribution in [2.45, 2.75) is 85.5 Å². The van der Waals surface area contributed by atoms with Gasteiger partial charge >= 0.3 is 0 Å². The summed E-state index contributed by atoms with van der Waals surface area (Å²) in [5.74, 6) is 1.09. The number of phenolic OH excluding ortho intramolecular Hbond substituents is 2. The molecule has 26 heavy (non-hydrogen) atoms. The lowest BCUT2D eigenvalue weighted by Gasteiger charge is -2.33. The standard InChI is InChI=1S/C24H38O2/c1-9-20(10-2)15-16(5)13-14-24(11-3,12-4)21-19(8)22(25)17(6)18(7)23(21)26/h13,20,25-26H,7-12,14-15H2,1-6H3. The molecule has 0 radical (unpaired) electrons. The first kappa shape index (κ1) is 22.3. The molecule has 1 aromatic rings. The lowest BCUT2D eigenvalue weighted by molar-refractivity contribution is 0.361. The monoisotopic (exact) mass is 358 g/mol. The summed E-state index contributed by atoms with van der Waals surface area (Å²) >= 11 is 0. The Hall–Kier alpha value is -1.70. The molecule has 0 saturated heterocycles. The molecular weight excluding hydrogens is 320 g/mol. The molecule has 0 aromatic heterocycles. The molecule has 0 fully saturated rings. The largest absolute Gasteiger partial charge is 0.507 e. The average Bonchev–Trinajstić information content (AvgIpc) is 2.65. The Morgan fingerprint density at radius 2 is 1.54 bits per heavy atom. The molecule has 1 rings (SSSR count). The van der Waals surface area contributed by atoms with Crippen LogP contribution in [-0.2, 0) is 5.41 Å². The molecule has 0 aliphatic heterocycles. The Morgan fingerprint density at radius 1 is 1.00 bits per heavy atom. The third-order valence-electron chi connectivity index (χ3n) is 6.41. The highest BCUT2D eigenvalue weighted by atomic mass is 16.3. The second-order valence-electron chi connectivity index (χ2n) is 7.78. The average molecular weight is 359 g/mol. The van der Waals surface area contributed by atoms with E-state index >= 15 is 0 Å². The summed E-state index contributed by atoms with van der Waals surface area (Å²) in [4.78, 5) is 0. The summed E-state index contributed by atoms with van der Waals surface area (Å²) in [6.07, 6.45) is 8.43. The van der Waals surface area contributed by atoms with Gasteiger partial charge in [0.25, 0.3) is 0 Å². The van der Waals surface area contributed by atoms with Crippen molar-refractivity contribution in [1.29, 1.82) is 0 Å². The van der Waals surface area contributed by atoms with Crippen LogP contribution in [0.1, 0.15) is 84.3 Å². The van der Waals surface area contributed by atoms with Gasteiger partial charge in [-0.1, -0.05) is 65.3 Å². The zero-order valence-electron chi connectivity index (χ0n) is 17.7. The molecule has 2 nitrogen and oxygen atoms in total. The number of benzene rings is 1. The Kier molecular flexibility index (Phi) is 7.99. The van der Waals surface area contributed by atoms with Gasteiger partial charge in [0.1, 0.15) is 11.5 Å². The van der Waals surface area contributed by atoms with Gasteiger partial charge in [0, 0.05) is 27.0 Å². The smallest absolute Gasteiger partial charge is 0.127 e. The van der Waals surface area contributed by atoms with Gasteiger partial charge in [-0.3, -0.25) is 0 Å². The molecule has 0 amide bonds. The molecule has 0 aliphatic rings. The second kappa shape index (κ2) is 9.30. The second-order valence-corrected chi connectivity index (χ2v) is 7.78. The summed E-state index contributed by atoms with van der Waals surface area (Å²) in [5.41, 5.74) is 2.54. The normalized spacial score (nSPS) is 12.8. The van der Waals surface area contributed by atoms with Crippen molar-refractivity contribution in [1.82, 2.24) is 0 Å². The highest BCUT2D eigenvalue weighted by molar-refractivity contribution is 5.52. The number of hydrogen-bond acceptors (Lipinski definition) is 2. The lowest BCUT2D eigenvalue weighted by atomic mass is 9.71. The summed E-state index contributed by atoms with van der Waals surface area (Å²) in [6.45, 7) is 20.8. The minimum Gasteiger partial charge on any atom is -0.507 e. The van der Waals surface area contributed by atoms with Crippen LogP contribution in [0.5, 0.6) is 11.5 Å². The van der Waals surface area contributed by atoms with E-state index in [-0.39, 0.29) is 16.9 Å². The van der Waals surface area contributed by atoms with Crippen LogP contribution in [0.4, 0.5) is 0 Å². The van der Waals surface area contributed by atoms with Crippen LogP contribution < -0.4 is 10.4 Å². The number of phenols is 2. The summed E-state index contributed by atoms with van der Waals surface area (Å²) in [5, 5.41) is 22.4. The Labute approximate surface area is 160 Å². The molecule has 0 bridgehead atoms. The molecule has 0 aliphatic carbocycles. The minimum atomic E-state index is -0.242. The molecule has 1 aromatic carbocycles. The molecule has 0 saturated carbocycles. The predicted molar refractivity (Wildman–Crippen MR) is 114 cm³/mol. The maximum atomic E-state index is 10.8.